The zero-order valence-corrected chi connectivity index (χ0v) is 19.0. The standard InChI is InChI=1S/C28H22F6N2/c1-19(21-13-14-35-18-21)36-26(17-20-7-3-2-4-8-20,22-9-5-11-24(15-22)27(29,30)31)23-10-6-12-25(16-23)28(32,33)34/h2-16,36H,1,17-18H2. The molecule has 0 bridgehead atoms. The SMILES string of the molecule is C=C(NC(Cc1ccccc1)(c1cccc(C(F)(F)F)c1)c1cccc(C(F)(F)F)c1)C1=CC=NC1. The third kappa shape index (κ3) is 5.37. The molecule has 3 aromatic rings. The molecular formula is C28H22F6N2. The lowest BCUT2D eigenvalue weighted by molar-refractivity contribution is -0.138. The summed E-state index contributed by atoms with van der Waals surface area (Å²) in [6.45, 7) is 4.36. The lowest BCUT2D eigenvalue weighted by Gasteiger charge is -2.39. The first-order valence-corrected chi connectivity index (χ1v) is 11.0. The van der Waals surface area contributed by atoms with Crippen molar-refractivity contribution in [3.05, 3.63) is 131 Å². The summed E-state index contributed by atoms with van der Waals surface area (Å²) in [4.78, 5) is 4.12. The van der Waals surface area contributed by atoms with Gasteiger partial charge in [-0.25, -0.2) is 0 Å². The van der Waals surface area contributed by atoms with Crippen LogP contribution < -0.4 is 5.32 Å². The fourth-order valence-electron chi connectivity index (χ4n) is 4.26. The van der Waals surface area contributed by atoms with Crippen molar-refractivity contribution in [2.24, 2.45) is 4.99 Å². The van der Waals surface area contributed by atoms with Gasteiger partial charge in [0.05, 0.1) is 23.2 Å². The second-order valence-corrected chi connectivity index (χ2v) is 8.51. The zero-order chi connectivity index (χ0) is 26.0. The minimum atomic E-state index is -4.64. The molecule has 1 aliphatic heterocycles. The van der Waals surface area contributed by atoms with E-state index in [4.69, 9.17) is 0 Å². The average Bonchev–Trinajstić information content (AvgIpc) is 3.39. The Morgan fingerprint density at radius 3 is 1.75 bits per heavy atom. The molecule has 1 N–H and O–H groups in total. The molecule has 1 aliphatic rings. The normalized spacial score (nSPS) is 14.0. The highest BCUT2D eigenvalue weighted by atomic mass is 19.4. The summed E-state index contributed by atoms with van der Waals surface area (Å²) < 4.78 is 82.2. The van der Waals surface area contributed by atoms with Crippen LogP contribution in [0.4, 0.5) is 26.3 Å². The predicted octanol–water partition coefficient (Wildman–Crippen LogP) is 7.32. The molecule has 3 aromatic carbocycles. The summed E-state index contributed by atoms with van der Waals surface area (Å²) in [5.74, 6) is 0. The summed E-state index contributed by atoms with van der Waals surface area (Å²) in [6, 6.07) is 18.2. The number of halogens is 6. The van der Waals surface area contributed by atoms with Crippen LogP contribution in [0.5, 0.6) is 0 Å². The minimum absolute atomic E-state index is 0.0591. The minimum Gasteiger partial charge on any atom is -0.371 e. The Kier molecular flexibility index (Phi) is 6.80. The number of hydrogen-bond acceptors (Lipinski definition) is 2. The molecule has 0 spiro atoms. The molecule has 0 aromatic heterocycles. The highest BCUT2D eigenvalue weighted by molar-refractivity contribution is 5.77. The van der Waals surface area contributed by atoms with Crippen molar-refractivity contribution in [3.8, 4) is 0 Å². The van der Waals surface area contributed by atoms with Crippen LogP contribution in [-0.2, 0) is 24.3 Å². The van der Waals surface area contributed by atoms with Gasteiger partial charge in [-0.2, -0.15) is 26.3 Å². The summed E-state index contributed by atoms with van der Waals surface area (Å²) in [6.07, 6.45) is -5.93. The molecule has 0 radical (unpaired) electrons. The largest absolute Gasteiger partial charge is 0.416 e. The van der Waals surface area contributed by atoms with Gasteiger partial charge in [0, 0.05) is 18.3 Å². The number of benzene rings is 3. The maximum Gasteiger partial charge on any atom is 0.416 e. The highest BCUT2D eigenvalue weighted by Crippen LogP contribution is 2.40. The Morgan fingerprint density at radius 1 is 0.750 bits per heavy atom. The number of nitrogens with one attached hydrogen (secondary N) is 1. The van der Waals surface area contributed by atoms with Crippen LogP contribution in [0.1, 0.15) is 27.8 Å². The second-order valence-electron chi connectivity index (χ2n) is 8.51. The van der Waals surface area contributed by atoms with E-state index in [2.05, 4.69) is 16.9 Å². The number of rotatable bonds is 7. The first-order chi connectivity index (χ1) is 17.0. The van der Waals surface area contributed by atoms with Gasteiger partial charge in [-0.15, -0.1) is 0 Å². The zero-order valence-electron chi connectivity index (χ0n) is 19.0. The van der Waals surface area contributed by atoms with Gasteiger partial charge in [-0.05, 0) is 52.6 Å². The number of alkyl halides is 6. The predicted molar refractivity (Wildman–Crippen MR) is 128 cm³/mol. The lowest BCUT2D eigenvalue weighted by atomic mass is 9.76. The third-order valence-corrected chi connectivity index (χ3v) is 6.07. The van der Waals surface area contributed by atoms with E-state index >= 15 is 0 Å². The van der Waals surface area contributed by atoms with Gasteiger partial charge < -0.3 is 5.32 Å². The molecule has 0 amide bonds. The Hall–Kier alpha value is -3.81. The van der Waals surface area contributed by atoms with Gasteiger partial charge in [0.1, 0.15) is 0 Å². The van der Waals surface area contributed by atoms with Crippen molar-refractivity contribution < 1.29 is 26.3 Å². The van der Waals surface area contributed by atoms with Crippen molar-refractivity contribution in [2.45, 2.75) is 24.3 Å². The Bertz CT molecular complexity index is 1250. The lowest BCUT2D eigenvalue weighted by Crippen LogP contribution is -2.45. The Balaban J connectivity index is 1.98. The van der Waals surface area contributed by atoms with E-state index in [-0.39, 0.29) is 17.5 Å². The van der Waals surface area contributed by atoms with Crippen molar-refractivity contribution in [2.75, 3.05) is 6.54 Å². The molecule has 186 valence electrons. The van der Waals surface area contributed by atoms with Crippen LogP contribution in [0, 0.1) is 0 Å². The smallest absolute Gasteiger partial charge is 0.371 e. The Labute approximate surface area is 204 Å². The van der Waals surface area contributed by atoms with Crippen LogP contribution in [0.25, 0.3) is 0 Å². The summed E-state index contributed by atoms with van der Waals surface area (Å²) >= 11 is 0. The third-order valence-electron chi connectivity index (χ3n) is 6.07. The first-order valence-electron chi connectivity index (χ1n) is 11.0. The Morgan fingerprint density at radius 2 is 1.28 bits per heavy atom. The summed E-state index contributed by atoms with van der Waals surface area (Å²) in [5.41, 5.74) is -1.25. The topological polar surface area (TPSA) is 24.4 Å². The van der Waals surface area contributed by atoms with E-state index in [1.807, 2.05) is 0 Å². The number of nitrogens with zero attached hydrogens (tertiary/aromatic N) is 1. The number of allylic oxidation sites excluding steroid dienone is 1. The van der Waals surface area contributed by atoms with E-state index in [9.17, 15) is 26.3 Å². The first kappa shape index (κ1) is 25.3. The molecule has 36 heavy (non-hydrogen) atoms. The van der Waals surface area contributed by atoms with E-state index < -0.39 is 29.0 Å². The van der Waals surface area contributed by atoms with E-state index in [1.165, 1.54) is 24.3 Å². The van der Waals surface area contributed by atoms with Crippen LogP contribution in [0.3, 0.4) is 0 Å². The van der Waals surface area contributed by atoms with E-state index in [0.29, 0.717) is 23.4 Å². The molecule has 4 rings (SSSR count). The van der Waals surface area contributed by atoms with Gasteiger partial charge in [0.25, 0.3) is 0 Å². The van der Waals surface area contributed by atoms with Gasteiger partial charge in [-0.1, -0.05) is 61.2 Å². The average molecular weight is 500 g/mol. The summed E-state index contributed by atoms with van der Waals surface area (Å²) in [7, 11) is 0. The van der Waals surface area contributed by atoms with Crippen molar-refractivity contribution in [1.29, 1.82) is 0 Å². The molecule has 8 heteroatoms. The molecule has 0 unspecified atom stereocenters. The molecular weight excluding hydrogens is 478 g/mol. The fourth-order valence-corrected chi connectivity index (χ4v) is 4.26. The second kappa shape index (κ2) is 9.68. The molecule has 0 aliphatic carbocycles. The maximum absolute atomic E-state index is 13.7. The number of hydrogen-bond donors (Lipinski definition) is 1. The van der Waals surface area contributed by atoms with Crippen LogP contribution in [0.2, 0.25) is 0 Å². The van der Waals surface area contributed by atoms with Gasteiger partial charge in [-0.3, -0.25) is 4.99 Å². The van der Waals surface area contributed by atoms with Crippen LogP contribution in [-0.4, -0.2) is 12.8 Å². The molecule has 0 atom stereocenters. The van der Waals surface area contributed by atoms with E-state index in [0.717, 1.165) is 24.3 Å². The molecule has 2 nitrogen and oxygen atoms in total. The van der Waals surface area contributed by atoms with Crippen molar-refractivity contribution >= 4 is 6.21 Å². The van der Waals surface area contributed by atoms with Gasteiger partial charge >= 0.3 is 12.4 Å². The van der Waals surface area contributed by atoms with Crippen molar-refractivity contribution in [3.63, 3.8) is 0 Å². The molecule has 1 heterocycles. The van der Waals surface area contributed by atoms with Gasteiger partial charge in [0.2, 0.25) is 0 Å². The number of aliphatic imine (C=N–C) groups is 1. The summed E-state index contributed by atoms with van der Waals surface area (Å²) in [5, 5.41) is 3.23. The van der Waals surface area contributed by atoms with Crippen LogP contribution in [0.15, 0.2) is 108 Å². The highest BCUT2D eigenvalue weighted by Gasteiger charge is 2.40. The maximum atomic E-state index is 13.7. The monoisotopic (exact) mass is 500 g/mol. The molecule has 0 fully saturated rings. The van der Waals surface area contributed by atoms with Crippen molar-refractivity contribution in [1.82, 2.24) is 5.32 Å². The quantitative estimate of drug-likeness (QED) is 0.338. The molecule has 0 saturated carbocycles. The van der Waals surface area contributed by atoms with E-state index in [1.54, 1.807) is 42.6 Å². The van der Waals surface area contributed by atoms with Gasteiger partial charge in [0.15, 0.2) is 0 Å². The molecule has 0 saturated heterocycles. The fraction of sp³-hybridized carbons (Fsp3) is 0.179. The van der Waals surface area contributed by atoms with Crippen LogP contribution >= 0.6 is 0 Å².